The topological polar surface area (TPSA) is 23.3 Å². The van der Waals surface area contributed by atoms with Gasteiger partial charge in [-0.05, 0) is 215 Å². The Labute approximate surface area is 623 Å². The van der Waals surface area contributed by atoms with Gasteiger partial charge in [0.05, 0.1) is 33.4 Å². The molecule has 105 heavy (non-hydrogen) atoms. The fourth-order valence-corrected chi connectivity index (χ4v) is 16.2. The largest absolute Gasteiger partial charge is 0.212 e. The molecule has 0 bridgehead atoms. The molecular weight excluding hydrogens is 1270 g/mol. The van der Waals surface area contributed by atoms with Crippen molar-refractivity contribution in [1.29, 1.82) is 0 Å². The monoisotopic (exact) mass is 1370 g/mol. The van der Waals surface area contributed by atoms with Crippen molar-refractivity contribution in [2.45, 2.75) is 96.8 Å². The van der Waals surface area contributed by atoms with E-state index in [1.807, 2.05) is 0 Å². The molecule has 0 amide bonds. The quantitative estimate of drug-likeness (QED) is 0.103. The summed E-state index contributed by atoms with van der Waals surface area (Å²) in [4.78, 5) is 0. The highest BCUT2D eigenvalue weighted by atomic mass is 14.9. The lowest BCUT2D eigenvalue weighted by atomic mass is 9.83. The highest BCUT2D eigenvalue weighted by Crippen LogP contribution is 2.41. The van der Waals surface area contributed by atoms with E-state index in [9.17, 15) is 0 Å². The van der Waals surface area contributed by atoms with Crippen molar-refractivity contribution in [3.8, 4) is 123 Å². The third-order valence-electron chi connectivity index (χ3n) is 22.4. The Kier molecular flexibility index (Phi) is 21.9. The molecule has 520 valence electrons. The number of pyridine rings is 6. The van der Waals surface area contributed by atoms with Crippen LogP contribution in [-0.2, 0) is 42.3 Å². The predicted molar refractivity (Wildman–Crippen MR) is 432 cm³/mol. The van der Waals surface area contributed by atoms with E-state index >= 15 is 0 Å². The van der Waals surface area contributed by atoms with Gasteiger partial charge < -0.3 is 0 Å². The third-order valence-corrected chi connectivity index (χ3v) is 22.4. The molecule has 0 unspecified atom stereocenters. The molecule has 16 rings (SSSR count). The van der Waals surface area contributed by atoms with Crippen LogP contribution in [0.1, 0.15) is 104 Å². The average molecular weight is 1370 g/mol. The van der Waals surface area contributed by atoms with Gasteiger partial charge in [0.15, 0.2) is 37.2 Å². The Hall–Kier alpha value is -11.3. The van der Waals surface area contributed by atoms with Crippen molar-refractivity contribution >= 4 is 0 Å². The van der Waals surface area contributed by atoms with Crippen molar-refractivity contribution in [2.75, 3.05) is 0 Å². The molecule has 6 heteroatoms. The summed E-state index contributed by atoms with van der Waals surface area (Å²) in [7, 11) is 12.7. The maximum absolute atomic E-state index is 2.37. The van der Waals surface area contributed by atoms with Gasteiger partial charge in [0, 0.05) is 72.8 Å². The van der Waals surface area contributed by atoms with Gasteiger partial charge in [0.25, 0.3) is 0 Å². The maximum Gasteiger partial charge on any atom is 0.212 e. The Balaban J connectivity index is 0.000000133. The minimum atomic E-state index is 0.740. The molecule has 0 spiro atoms. The first kappa shape index (κ1) is 70.7. The Bertz CT molecular complexity index is 5130. The number of hydrogen-bond acceptors (Lipinski definition) is 0. The van der Waals surface area contributed by atoms with Crippen molar-refractivity contribution in [3.05, 3.63) is 338 Å². The van der Waals surface area contributed by atoms with Gasteiger partial charge in [-0.2, -0.15) is 0 Å². The van der Waals surface area contributed by atoms with Gasteiger partial charge >= 0.3 is 0 Å². The van der Waals surface area contributed by atoms with Crippen molar-refractivity contribution < 1.29 is 27.4 Å². The second kappa shape index (κ2) is 32.5. The molecule has 0 aliphatic heterocycles. The Morgan fingerprint density at radius 3 is 0.610 bits per heavy atom. The standard InChI is InChI=1S/C37H38N2.C31H34N2.C31H28N2/c1-27-34(36-13-7-9-23-38(36)2)25-33(26-35(27)37-14-8-10-24-39(37)3)32-21-19-31(20-22-32)30-17-15-29(16-18-30)28-11-5-4-6-12-28;2*1-23-28(30-13-7-9-19-32(30)2)21-27(22-29(23)31-14-8-10-20-33(31)3)26-17-15-25(16-18-26)24-11-5-4-6-12-24/h7-10,13-26,28H,4-6,11-12H2,1-3H3;7-10,13-22,24H,4-6,11-12H2,1-3H3;4-22H,1-3H3/q3*+2. The normalized spacial score (nSPS) is 13.1. The van der Waals surface area contributed by atoms with E-state index in [4.69, 9.17) is 0 Å². The first-order valence-corrected chi connectivity index (χ1v) is 37.9. The number of nitrogens with zero attached hydrogens (tertiary/aromatic N) is 6. The highest BCUT2D eigenvalue weighted by Gasteiger charge is 2.26. The van der Waals surface area contributed by atoms with Crippen LogP contribution in [-0.4, -0.2) is 0 Å². The molecule has 6 nitrogen and oxygen atoms in total. The fraction of sp³-hybridized carbons (Fsp3) is 0.212. The lowest BCUT2D eigenvalue weighted by Gasteiger charge is -2.22. The van der Waals surface area contributed by atoms with Crippen LogP contribution in [0.25, 0.3) is 123 Å². The van der Waals surface area contributed by atoms with Gasteiger partial charge in [-0.3, -0.25) is 0 Å². The van der Waals surface area contributed by atoms with Gasteiger partial charge in [-0.25, -0.2) is 27.4 Å². The summed E-state index contributed by atoms with van der Waals surface area (Å²) in [6.07, 6.45) is 26.4. The molecule has 0 N–H and O–H groups in total. The molecule has 6 aromatic heterocycles. The lowest BCUT2D eigenvalue weighted by Crippen LogP contribution is -2.31. The zero-order valence-electron chi connectivity index (χ0n) is 62.9. The molecule has 14 aromatic rings. The second-order valence-corrected chi connectivity index (χ2v) is 29.2. The summed E-state index contributed by atoms with van der Waals surface area (Å²) in [6, 6.07) is 99.8. The van der Waals surface area contributed by atoms with Crippen LogP contribution in [0.4, 0.5) is 0 Å². The van der Waals surface area contributed by atoms with E-state index in [2.05, 4.69) is 401 Å². The molecule has 8 aromatic carbocycles. The summed E-state index contributed by atoms with van der Waals surface area (Å²) in [5.41, 5.74) is 34.3. The summed E-state index contributed by atoms with van der Waals surface area (Å²) < 4.78 is 13.2. The first-order chi connectivity index (χ1) is 51.3. The maximum atomic E-state index is 2.37. The molecule has 2 fully saturated rings. The molecule has 0 saturated heterocycles. The van der Waals surface area contributed by atoms with Crippen LogP contribution in [0.3, 0.4) is 0 Å². The van der Waals surface area contributed by atoms with E-state index in [0.29, 0.717) is 0 Å². The van der Waals surface area contributed by atoms with Crippen molar-refractivity contribution in [3.63, 3.8) is 0 Å². The van der Waals surface area contributed by atoms with Crippen molar-refractivity contribution in [1.82, 2.24) is 0 Å². The van der Waals surface area contributed by atoms with Gasteiger partial charge in [0.1, 0.15) is 42.3 Å². The highest BCUT2D eigenvalue weighted by molar-refractivity contribution is 5.85. The van der Waals surface area contributed by atoms with Crippen LogP contribution in [0.5, 0.6) is 0 Å². The predicted octanol–water partition coefficient (Wildman–Crippen LogP) is 21.4. The average Bonchev–Trinajstić information content (AvgIpc) is 0.784. The number of aromatic nitrogens is 6. The Morgan fingerprint density at radius 1 is 0.200 bits per heavy atom. The van der Waals surface area contributed by atoms with E-state index in [1.165, 1.54) is 215 Å². The lowest BCUT2D eigenvalue weighted by molar-refractivity contribution is -0.660. The summed E-state index contributed by atoms with van der Waals surface area (Å²) >= 11 is 0. The molecular formula is C99H100N6+6. The summed E-state index contributed by atoms with van der Waals surface area (Å²) in [5, 5.41) is 0. The minimum absolute atomic E-state index is 0.740. The van der Waals surface area contributed by atoms with E-state index < -0.39 is 0 Å². The smallest absolute Gasteiger partial charge is 0.201 e. The van der Waals surface area contributed by atoms with Crippen LogP contribution in [0.2, 0.25) is 0 Å². The zero-order valence-corrected chi connectivity index (χ0v) is 62.9. The number of rotatable bonds is 13. The zero-order chi connectivity index (χ0) is 72.3. The molecule has 0 atom stereocenters. The SMILES string of the molecule is Cc1c(-c2cccc[n+]2C)cc(-c2ccc(-c3ccc(C4CCCCC4)cc3)cc2)cc1-c1cccc[n+]1C.Cc1c(-c2cccc[n+]2C)cc(-c2ccc(-c3ccccc3)cc2)cc1-c1cccc[n+]1C.Cc1c(-c2cccc[n+]2C)cc(-c2ccc(C3CCCCC3)cc2)cc1-c1cccc[n+]1C. The second-order valence-electron chi connectivity index (χ2n) is 29.2. The number of benzene rings is 8. The fourth-order valence-electron chi connectivity index (χ4n) is 16.2. The third kappa shape index (κ3) is 15.9. The molecule has 2 aliphatic carbocycles. The van der Waals surface area contributed by atoms with E-state index in [0.717, 1.165) is 11.8 Å². The molecule has 2 aliphatic rings. The van der Waals surface area contributed by atoms with Gasteiger partial charge in [-0.1, -0.05) is 166 Å². The molecule has 0 radical (unpaired) electrons. The van der Waals surface area contributed by atoms with Crippen LogP contribution in [0.15, 0.2) is 310 Å². The van der Waals surface area contributed by atoms with E-state index in [-0.39, 0.29) is 0 Å². The number of hydrogen-bond donors (Lipinski definition) is 0. The first-order valence-electron chi connectivity index (χ1n) is 37.9. The summed E-state index contributed by atoms with van der Waals surface area (Å²) in [6.45, 7) is 6.72. The van der Waals surface area contributed by atoms with E-state index in [1.54, 1.807) is 0 Å². The Morgan fingerprint density at radius 2 is 0.390 bits per heavy atom. The van der Waals surface area contributed by atoms with Crippen molar-refractivity contribution in [2.24, 2.45) is 42.3 Å². The van der Waals surface area contributed by atoms with Gasteiger partial charge in [0.2, 0.25) is 34.2 Å². The van der Waals surface area contributed by atoms with Gasteiger partial charge in [-0.15, -0.1) is 0 Å². The summed E-state index contributed by atoms with van der Waals surface area (Å²) in [5.74, 6) is 1.49. The van der Waals surface area contributed by atoms with Crippen LogP contribution < -0.4 is 27.4 Å². The van der Waals surface area contributed by atoms with Crippen LogP contribution >= 0.6 is 0 Å². The number of aryl methyl sites for hydroxylation is 6. The molecule has 6 heterocycles. The molecule has 2 saturated carbocycles. The van der Waals surface area contributed by atoms with Crippen LogP contribution in [0, 0.1) is 20.8 Å². The minimum Gasteiger partial charge on any atom is -0.201 e.